The summed E-state index contributed by atoms with van der Waals surface area (Å²) in [6, 6.07) is 2.63. The van der Waals surface area contributed by atoms with Crippen LogP contribution < -0.4 is 16.0 Å². The predicted molar refractivity (Wildman–Crippen MR) is 133 cm³/mol. The van der Waals surface area contributed by atoms with Gasteiger partial charge in [-0.25, -0.2) is 19.0 Å². The number of nitrogen functional groups attached to an aromatic ring is 1. The van der Waals surface area contributed by atoms with Crippen molar-refractivity contribution in [2.45, 2.75) is 50.1 Å². The standard InChI is InChI=1S/C22H21F4N7O2.C2HF3O2/c23-12-5-11(22(24,25)26)6-16(7-12)32-10-18(34)33(21(32)35)15-3-1-13(2-4-15)29-14-8-17-19(27)30-31-20(17)28-9-14;3-2(4,5)1(6)7/h5-9,13,15,29H,1-4,10H2,(H3,27,28,30,31);(H,6,7). The number of hydrogen-bond acceptors (Lipinski definition) is 7. The van der Waals surface area contributed by atoms with E-state index in [1.54, 1.807) is 6.20 Å². The highest BCUT2D eigenvalue weighted by Crippen LogP contribution is 2.35. The maximum atomic E-state index is 13.8. The first kappa shape index (κ1) is 30.3. The average Bonchev–Trinajstić information content (AvgIpc) is 3.41. The number of aromatic amines is 1. The van der Waals surface area contributed by atoms with Crippen LogP contribution in [0.25, 0.3) is 11.0 Å². The summed E-state index contributed by atoms with van der Waals surface area (Å²) >= 11 is 0. The second kappa shape index (κ2) is 11.3. The van der Waals surface area contributed by atoms with Gasteiger partial charge in [-0.1, -0.05) is 0 Å². The molecular weight excluding hydrogens is 583 g/mol. The highest BCUT2D eigenvalue weighted by atomic mass is 19.4. The molecule has 1 aliphatic heterocycles. The third-order valence-electron chi connectivity index (χ3n) is 6.64. The molecule has 1 saturated heterocycles. The Kier molecular flexibility index (Phi) is 8.18. The highest BCUT2D eigenvalue weighted by molar-refractivity contribution is 6.12. The van der Waals surface area contributed by atoms with Gasteiger partial charge < -0.3 is 16.2 Å². The Morgan fingerprint density at radius 1 is 1.05 bits per heavy atom. The molecule has 3 aromatic rings. The molecule has 3 amide bonds. The first-order valence-electron chi connectivity index (χ1n) is 12.2. The fourth-order valence-corrected chi connectivity index (χ4v) is 4.69. The molecular formula is C24H22F7N7O4. The van der Waals surface area contributed by atoms with Gasteiger partial charge in [0.1, 0.15) is 12.4 Å². The molecule has 0 unspecified atom stereocenters. The fraction of sp³-hybridized carbons (Fsp3) is 0.375. The van der Waals surface area contributed by atoms with Crippen LogP contribution in [0.4, 0.5) is 52.7 Å². The van der Waals surface area contributed by atoms with Crippen LogP contribution in [-0.2, 0) is 15.8 Å². The van der Waals surface area contributed by atoms with Gasteiger partial charge in [0.25, 0.3) is 5.91 Å². The van der Waals surface area contributed by atoms with Crippen molar-refractivity contribution in [2.75, 3.05) is 22.5 Å². The van der Waals surface area contributed by atoms with E-state index in [9.17, 15) is 40.3 Å². The molecule has 0 spiro atoms. The zero-order valence-corrected chi connectivity index (χ0v) is 21.3. The molecule has 1 aliphatic carbocycles. The number of carbonyl (C=O) groups excluding carboxylic acids is 2. The Labute approximate surface area is 231 Å². The SMILES string of the molecule is Nc1n[nH]c2ncc(NC3CCC(N4C(=O)CN(c5cc(F)cc(C(F)(F)F)c5)C4=O)CC3)cc12.O=C(O)C(F)(F)F. The van der Waals surface area contributed by atoms with Gasteiger partial charge in [-0.05, 0) is 49.9 Å². The summed E-state index contributed by atoms with van der Waals surface area (Å²) in [7, 11) is 0. The van der Waals surface area contributed by atoms with Crippen LogP contribution in [0, 0.1) is 5.82 Å². The Bertz CT molecular complexity index is 1500. The Hall–Kier alpha value is -4.64. The molecule has 5 N–H and O–H groups in total. The molecule has 11 nitrogen and oxygen atoms in total. The summed E-state index contributed by atoms with van der Waals surface area (Å²) in [6.45, 7) is -0.435. The smallest absolute Gasteiger partial charge is 0.475 e. The second-order valence-electron chi connectivity index (χ2n) is 9.51. The first-order chi connectivity index (χ1) is 19.5. The van der Waals surface area contributed by atoms with Gasteiger partial charge in [0, 0.05) is 17.8 Å². The van der Waals surface area contributed by atoms with Crippen LogP contribution in [-0.4, -0.2) is 67.9 Å². The molecule has 2 aliphatic rings. The lowest BCUT2D eigenvalue weighted by molar-refractivity contribution is -0.192. The van der Waals surface area contributed by atoms with Crippen LogP contribution in [0.3, 0.4) is 0 Å². The molecule has 5 rings (SSSR count). The van der Waals surface area contributed by atoms with E-state index < -0.39 is 48.2 Å². The van der Waals surface area contributed by atoms with Crippen molar-refractivity contribution >= 4 is 46.1 Å². The van der Waals surface area contributed by atoms with E-state index in [0.29, 0.717) is 54.7 Å². The van der Waals surface area contributed by atoms with Crippen molar-refractivity contribution in [3.8, 4) is 0 Å². The lowest BCUT2D eigenvalue weighted by Crippen LogP contribution is -2.44. The normalized spacial score (nSPS) is 19.6. The van der Waals surface area contributed by atoms with E-state index >= 15 is 0 Å². The van der Waals surface area contributed by atoms with Crippen molar-refractivity contribution in [1.82, 2.24) is 20.1 Å². The number of benzene rings is 1. The number of nitrogens with one attached hydrogen (secondary N) is 2. The molecule has 2 aromatic heterocycles. The van der Waals surface area contributed by atoms with Crippen LogP contribution in [0.15, 0.2) is 30.5 Å². The van der Waals surface area contributed by atoms with Gasteiger partial charge in [0.2, 0.25) is 0 Å². The number of pyridine rings is 1. The Morgan fingerprint density at radius 3 is 2.29 bits per heavy atom. The number of nitrogens with zero attached hydrogens (tertiary/aromatic N) is 4. The monoisotopic (exact) mass is 605 g/mol. The first-order valence-corrected chi connectivity index (χ1v) is 12.2. The van der Waals surface area contributed by atoms with Crippen LogP contribution in [0.1, 0.15) is 31.2 Å². The molecule has 2 fully saturated rings. The van der Waals surface area contributed by atoms with E-state index in [1.165, 1.54) is 0 Å². The summed E-state index contributed by atoms with van der Waals surface area (Å²) in [6.07, 6.45) is -5.87. The van der Waals surface area contributed by atoms with E-state index in [-0.39, 0.29) is 17.8 Å². The van der Waals surface area contributed by atoms with E-state index in [4.69, 9.17) is 15.6 Å². The number of aromatic nitrogens is 3. The molecule has 0 radical (unpaired) electrons. The molecule has 42 heavy (non-hydrogen) atoms. The average molecular weight is 605 g/mol. The molecule has 3 heterocycles. The Morgan fingerprint density at radius 2 is 1.69 bits per heavy atom. The van der Waals surface area contributed by atoms with Crippen molar-refractivity contribution in [1.29, 1.82) is 0 Å². The summed E-state index contributed by atoms with van der Waals surface area (Å²) < 4.78 is 84.8. The maximum absolute atomic E-state index is 13.8. The number of fused-ring (bicyclic) bond motifs is 1. The van der Waals surface area contributed by atoms with E-state index in [1.807, 2.05) is 6.07 Å². The minimum Gasteiger partial charge on any atom is -0.475 e. The third-order valence-corrected chi connectivity index (χ3v) is 6.64. The lowest BCUT2D eigenvalue weighted by Gasteiger charge is -2.34. The number of carboxylic acid groups (broad SMARTS) is 1. The number of H-pyrrole nitrogens is 1. The molecule has 0 bridgehead atoms. The van der Waals surface area contributed by atoms with Crippen LogP contribution in [0.2, 0.25) is 0 Å². The number of carbonyl (C=O) groups is 3. The number of hydrogen-bond donors (Lipinski definition) is 4. The maximum Gasteiger partial charge on any atom is 0.490 e. The van der Waals surface area contributed by atoms with E-state index in [2.05, 4.69) is 20.5 Å². The molecule has 1 saturated carbocycles. The number of carboxylic acids is 1. The number of halogens is 7. The summed E-state index contributed by atoms with van der Waals surface area (Å²) in [4.78, 5) is 40.8. The van der Waals surface area contributed by atoms with Crippen LogP contribution >= 0.6 is 0 Å². The lowest BCUT2D eigenvalue weighted by atomic mass is 9.90. The minimum atomic E-state index is -5.08. The van der Waals surface area contributed by atoms with Gasteiger partial charge in [-0.2, -0.15) is 31.4 Å². The van der Waals surface area contributed by atoms with Crippen molar-refractivity contribution in [2.24, 2.45) is 0 Å². The number of imide groups is 1. The molecule has 1 aromatic carbocycles. The van der Waals surface area contributed by atoms with Gasteiger partial charge in [-0.15, -0.1) is 0 Å². The minimum absolute atomic E-state index is 0.0695. The third kappa shape index (κ3) is 6.63. The van der Waals surface area contributed by atoms with Crippen molar-refractivity contribution < 1.29 is 50.2 Å². The van der Waals surface area contributed by atoms with Gasteiger partial charge >= 0.3 is 24.4 Å². The number of urea groups is 1. The number of aliphatic carboxylic acids is 1. The number of rotatable bonds is 4. The zero-order valence-electron chi connectivity index (χ0n) is 21.3. The van der Waals surface area contributed by atoms with Gasteiger partial charge in [-0.3, -0.25) is 19.7 Å². The second-order valence-corrected chi connectivity index (χ2v) is 9.51. The number of anilines is 3. The van der Waals surface area contributed by atoms with Gasteiger partial charge in [0.15, 0.2) is 11.5 Å². The summed E-state index contributed by atoms with van der Waals surface area (Å²) in [5, 5.41) is 17.8. The predicted octanol–water partition coefficient (Wildman–Crippen LogP) is 4.52. The zero-order chi connectivity index (χ0) is 31.0. The quantitative estimate of drug-likeness (QED) is 0.250. The Balaban J connectivity index is 0.000000517. The molecule has 0 atom stereocenters. The summed E-state index contributed by atoms with van der Waals surface area (Å²) in [5.74, 6) is -4.07. The topological polar surface area (TPSA) is 158 Å². The summed E-state index contributed by atoms with van der Waals surface area (Å²) in [5.41, 5.74) is 5.65. The number of alkyl halides is 6. The fourth-order valence-electron chi connectivity index (χ4n) is 4.69. The largest absolute Gasteiger partial charge is 0.490 e. The number of nitrogens with two attached hydrogens (primary N) is 1. The molecule has 18 heteroatoms. The van der Waals surface area contributed by atoms with Crippen molar-refractivity contribution in [3.05, 3.63) is 41.8 Å². The molecule has 226 valence electrons. The van der Waals surface area contributed by atoms with E-state index in [0.717, 1.165) is 21.6 Å². The number of amides is 3. The van der Waals surface area contributed by atoms with Gasteiger partial charge in [0.05, 0.1) is 22.8 Å². The van der Waals surface area contributed by atoms with Crippen molar-refractivity contribution in [3.63, 3.8) is 0 Å². The highest BCUT2D eigenvalue weighted by Gasteiger charge is 2.43. The van der Waals surface area contributed by atoms with Crippen LogP contribution in [0.5, 0.6) is 0 Å².